The summed E-state index contributed by atoms with van der Waals surface area (Å²) in [4.78, 5) is 22.2. The molecule has 216 valence electrons. The molecule has 0 amide bonds. The summed E-state index contributed by atoms with van der Waals surface area (Å²) in [7, 11) is -1.22. The molecule has 2 atom stereocenters. The molecule has 1 fully saturated rings. The number of aromatic nitrogens is 6. The topological polar surface area (TPSA) is 96.4 Å². The molecule has 1 saturated heterocycles. The van der Waals surface area contributed by atoms with Crippen molar-refractivity contribution in [2.24, 2.45) is 0 Å². The zero-order valence-corrected chi connectivity index (χ0v) is 25.1. The van der Waals surface area contributed by atoms with E-state index in [1.54, 1.807) is 33.7 Å². The highest BCUT2D eigenvalue weighted by Crippen LogP contribution is 2.44. The second-order valence-corrected chi connectivity index (χ2v) is 17.8. The van der Waals surface area contributed by atoms with E-state index in [9.17, 15) is 4.79 Å². The lowest BCUT2D eigenvalue weighted by Gasteiger charge is -2.27. The van der Waals surface area contributed by atoms with Crippen LogP contribution in [0.15, 0.2) is 73.3 Å². The summed E-state index contributed by atoms with van der Waals surface area (Å²) in [6.07, 6.45) is 4.82. The van der Waals surface area contributed by atoms with Crippen LogP contribution >= 0.6 is 0 Å². The van der Waals surface area contributed by atoms with E-state index in [-0.39, 0.29) is 19.3 Å². The number of fused-ring (bicyclic) bond motifs is 1. The number of hydrogen-bond donors (Lipinski definition) is 0. The van der Waals surface area contributed by atoms with Crippen LogP contribution in [0.25, 0.3) is 28.2 Å². The van der Waals surface area contributed by atoms with Gasteiger partial charge in [-0.15, -0.1) is 0 Å². The minimum Gasteiger partial charge on any atom is -0.464 e. The van der Waals surface area contributed by atoms with Gasteiger partial charge in [-0.25, -0.2) is 23.6 Å². The summed E-state index contributed by atoms with van der Waals surface area (Å²) in [5.41, 5.74) is 3.10. The van der Waals surface area contributed by atoms with Gasteiger partial charge in [-0.3, -0.25) is 4.79 Å². The van der Waals surface area contributed by atoms with Crippen LogP contribution in [0.4, 0.5) is 4.39 Å². The molecule has 11 heteroatoms. The molecular weight excluding hydrogens is 551 g/mol. The maximum absolute atomic E-state index is 15.6. The molecule has 0 saturated carbocycles. The number of carbonyl (C=O) groups is 1. The Morgan fingerprint density at radius 2 is 1.90 bits per heavy atom. The number of esters is 1. The summed E-state index contributed by atoms with van der Waals surface area (Å²) in [5.74, 6) is -0.961. The molecule has 0 N–H and O–H groups in total. The van der Waals surface area contributed by atoms with Gasteiger partial charge < -0.3 is 9.47 Å². The van der Waals surface area contributed by atoms with Gasteiger partial charge in [-0.05, 0) is 35.4 Å². The van der Waals surface area contributed by atoms with Crippen molar-refractivity contribution in [3.63, 3.8) is 0 Å². The van der Waals surface area contributed by atoms with Crippen LogP contribution in [0.2, 0.25) is 25.7 Å². The van der Waals surface area contributed by atoms with E-state index >= 15 is 4.39 Å². The molecule has 9 nitrogen and oxygen atoms in total. The van der Waals surface area contributed by atoms with Gasteiger partial charge in [0.05, 0.1) is 17.5 Å². The van der Waals surface area contributed by atoms with Crippen LogP contribution < -0.4 is 0 Å². The van der Waals surface area contributed by atoms with Crippen molar-refractivity contribution in [2.45, 2.75) is 50.7 Å². The Kier molecular flexibility index (Phi) is 7.23. The summed E-state index contributed by atoms with van der Waals surface area (Å²) in [6, 6.07) is 17.6. The van der Waals surface area contributed by atoms with Crippen molar-refractivity contribution in [3.8, 4) is 22.5 Å². The third-order valence-corrected chi connectivity index (χ3v) is 9.56. The first kappa shape index (κ1) is 27.9. The number of halogens is 1. The van der Waals surface area contributed by atoms with E-state index < -0.39 is 25.2 Å². The summed E-state index contributed by atoms with van der Waals surface area (Å²) in [5, 5.41) is 8.66. The smallest absolute Gasteiger partial charge is 0.316 e. The maximum atomic E-state index is 15.6. The largest absolute Gasteiger partial charge is 0.464 e. The van der Waals surface area contributed by atoms with Crippen molar-refractivity contribution in [2.75, 3.05) is 13.2 Å². The summed E-state index contributed by atoms with van der Waals surface area (Å²) >= 11 is 0. The van der Waals surface area contributed by atoms with Gasteiger partial charge in [0.2, 0.25) is 0 Å². The van der Waals surface area contributed by atoms with Gasteiger partial charge in [-0.2, -0.15) is 10.2 Å². The van der Waals surface area contributed by atoms with E-state index in [2.05, 4.69) is 34.8 Å². The molecule has 0 unspecified atom stereocenters. The first-order valence-corrected chi connectivity index (χ1v) is 17.7. The van der Waals surface area contributed by atoms with Crippen molar-refractivity contribution < 1.29 is 18.7 Å². The van der Waals surface area contributed by atoms with Crippen LogP contribution in [0, 0.1) is 5.82 Å². The lowest BCUT2D eigenvalue weighted by molar-refractivity contribution is -0.139. The fourth-order valence-corrected chi connectivity index (χ4v) is 6.13. The third-order valence-electron chi connectivity index (χ3n) is 7.85. The van der Waals surface area contributed by atoms with Crippen LogP contribution in [-0.2, 0) is 26.4 Å². The van der Waals surface area contributed by atoms with Crippen LogP contribution in [0.3, 0.4) is 0 Å². The highest BCUT2D eigenvalue weighted by atomic mass is 28.3. The standard InChI is InChI=1S/C31H33FN6O3Si/c1-31(22-8-6-5-7-9-22)18-41-30(39)27(31)26-12-13-37-29(36-26)24(17-34-37)21-10-11-23(25(32)16-21)28-33-19-35-38(28)20-40-14-15-42(2,3)4/h5-13,16-17,19,27H,14-15,18,20H2,1-4H3/t27-,31+/m0/s1. The molecule has 0 bridgehead atoms. The fourth-order valence-electron chi connectivity index (χ4n) is 5.37. The third kappa shape index (κ3) is 5.25. The Labute approximate surface area is 244 Å². The molecule has 3 aromatic heterocycles. The lowest BCUT2D eigenvalue weighted by Crippen LogP contribution is -2.31. The predicted octanol–water partition coefficient (Wildman–Crippen LogP) is 5.70. The minimum atomic E-state index is -1.22. The molecule has 42 heavy (non-hydrogen) atoms. The zero-order chi connectivity index (χ0) is 29.5. The molecule has 0 aliphatic carbocycles. The molecule has 1 aliphatic heterocycles. The molecule has 1 aliphatic rings. The zero-order valence-electron chi connectivity index (χ0n) is 24.1. The van der Waals surface area contributed by atoms with Crippen LogP contribution in [0.5, 0.6) is 0 Å². The molecule has 0 radical (unpaired) electrons. The highest BCUT2D eigenvalue weighted by molar-refractivity contribution is 6.76. The number of cyclic esters (lactones) is 1. The quantitative estimate of drug-likeness (QED) is 0.124. The Hall–Kier alpha value is -4.22. The van der Waals surface area contributed by atoms with Gasteiger partial charge in [0, 0.05) is 31.9 Å². The molecule has 0 spiro atoms. The number of nitrogens with zero attached hydrogens (tertiary/aromatic N) is 6. The SMILES string of the molecule is C[C@]1(c2ccccc2)COC(=O)[C@@H]1c1ccn2ncc(-c3ccc(-c4ncnn4COCC[Si](C)(C)C)c(F)c3)c2n1. The normalized spacial score (nSPS) is 19.0. The highest BCUT2D eigenvalue weighted by Gasteiger charge is 2.50. The summed E-state index contributed by atoms with van der Waals surface area (Å²) in [6.45, 7) is 9.98. The van der Waals surface area contributed by atoms with E-state index in [4.69, 9.17) is 14.5 Å². The van der Waals surface area contributed by atoms with E-state index in [1.165, 1.54) is 12.4 Å². The molecular formula is C31H33FN6O3Si. The number of benzene rings is 2. The monoisotopic (exact) mass is 584 g/mol. The Bertz CT molecular complexity index is 1750. The first-order valence-electron chi connectivity index (χ1n) is 14.0. The van der Waals surface area contributed by atoms with Crippen molar-refractivity contribution in [3.05, 3.63) is 90.4 Å². The Balaban J connectivity index is 1.29. The van der Waals surface area contributed by atoms with Crippen LogP contribution in [-0.4, -0.2) is 56.6 Å². The predicted molar refractivity (Wildman–Crippen MR) is 159 cm³/mol. The number of carbonyl (C=O) groups excluding carboxylic acids is 1. The average Bonchev–Trinajstić information content (AvgIpc) is 3.68. The van der Waals surface area contributed by atoms with Gasteiger partial charge in [0.15, 0.2) is 11.5 Å². The summed E-state index contributed by atoms with van der Waals surface area (Å²) < 4.78 is 30.1. The van der Waals surface area contributed by atoms with Gasteiger partial charge in [0.1, 0.15) is 31.4 Å². The van der Waals surface area contributed by atoms with Crippen LogP contribution in [0.1, 0.15) is 24.1 Å². The van der Waals surface area contributed by atoms with Crippen molar-refractivity contribution >= 4 is 19.7 Å². The molecule has 6 rings (SSSR count). The van der Waals surface area contributed by atoms with Crippen molar-refractivity contribution in [1.29, 1.82) is 0 Å². The first-order chi connectivity index (χ1) is 20.1. The fraction of sp³-hybridized carbons (Fsp3) is 0.323. The minimum absolute atomic E-state index is 0.202. The van der Waals surface area contributed by atoms with E-state index in [0.717, 1.165) is 11.6 Å². The number of rotatable bonds is 9. The molecule has 4 heterocycles. The lowest BCUT2D eigenvalue weighted by atomic mass is 9.72. The van der Waals surface area contributed by atoms with Crippen molar-refractivity contribution in [1.82, 2.24) is 29.4 Å². The second-order valence-electron chi connectivity index (χ2n) is 12.1. The van der Waals surface area contributed by atoms with Gasteiger partial charge >= 0.3 is 5.97 Å². The second kappa shape index (κ2) is 10.9. The van der Waals surface area contributed by atoms with Gasteiger partial charge in [0.25, 0.3) is 0 Å². The number of ether oxygens (including phenoxy) is 2. The average molecular weight is 585 g/mol. The molecule has 2 aromatic carbocycles. The Morgan fingerprint density at radius 1 is 1.10 bits per heavy atom. The maximum Gasteiger partial charge on any atom is 0.316 e. The Morgan fingerprint density at radius 3 is 2.67 bits per heavy atom. The number of hydrogen-bond acceptors (Lipinski definition) is 7. The van der Waals surface area contributed by atoms with E-state index in [0.29, 0.717) is 40.5 Å². The van der Waals surface area contributed by atoms with Gasteiger partial charge in [-0.1, -0.05) is 63.0 Å². The van der Waals surface area contributed by atoms with E-state index in [1.807, 2.05) is 43.3 Å². The molecule has 5 aromatic rings.